The van der Waals surface area contributed by atoms with E-state index in [1.54, 1.807) is 6.07 Å². The van der Waals surface area contributed by atoms with Gasteiger partial charge >= 0.3 is 10.2 Å². The second-order valence-corrected chi connectivity index (χ2v) is 11.3. The average Bonchev–Trinajstić information content (AvgIpc) is 3.20. The third kappa shape index (κ3) is 4.76. The lowest BCUT2D eigenvalue weighted by molar-refractivity contribution is 0.1000. The first-order chi connectivity index (χ1) is 16.1. The number of aromatic nitrogens is 2. The Bertz CT molecular complexity index is 1340. The first-order valence-corrected chi connectivity index (χ1v) is 13.1. The van der Waals surface area contributed by atoms with Crippen LogP contribution in [0.5, 0.6) is 0 Å². The average molecular weight is 508 g/mol. The van der Waals surface area contributed by atoms with E-state index in [-0.39, 0.29) is 29.1 Å². The first kappa shape index (κ1) is 24.5. The van der Waals surface area contributed by atoms with Gasteiger partial charge in [-0.2, -0.15) is 12.7 Å². The molecule has 2 atom stereocenters. The van der Waals surface area contributed by atoms with Crippen LogP contribution in [0.1, 0.15) is 57.7 Å². The van der Waals surface area contributed by atoms with Crippen molar-refractivity contribution in [2.45, 2.75) is 37.5 Å². The lowest BCUT2D eigenvalue weighted by atomic mass is 9.74. The van der Waals surface area contributed by atoms with Gasteiger partial charge in [0.05, 0.1) is 5.69 Å². The maximum Gasteiger partial charge on any atom is 0.301 e. The number of anilines is 1. The molecule has 12 heteroatoms. The van der Waals surface area contributed by atoms with Gasteiger partial charge in [0.15, 0.2) is 5.01 Å². The molecule has 0 radical (unpaired) electrons. The largest absolute Gasteiger partial charge is 0.396 e. The lowest BCUT2D eigenvalue weighted by Gasteiger charge is -2.32. The summed E-state index contributed by atoms with van der Waals surface area (Å²) in [5.74, 6) is -1.61. The van der Waals surface area contributed by atoms with Crippen molar-refractivity contribution in [1.29, 1.82) is 0 Å². The Balaban J connectivity index is 1.71. The van der Waals surface area contributed by atoms with Crippen molar-refractivity contribution in [1.82, 2.24) is 14.3 Å². The Kier molecular flexibility index (Phi) is 6.85. The zero-order chi connectivity index (χ0) is 24.6. The number of fused-ring (bicyclic) bond motifs is 2. The summed E-state index contributed by atoms with van der Waals surface area (Å²) in [6.07, 6.45) is 2.89. The molecule has 182 valence electrons. The fourth-order valence-electron chi connectivity index (χ4n) is 4.40. The van der Waals surface area contributed by atoms with Gasteiger partial charge in [-0.3, -0.25) is 9.52 Å². The summed E-state index contributed by atoms with van der Waals surface area (Å²) >= 11 is 1.14. The summed E-state index contributed by atoms with van der Waals surface area (Å²) in [5.41, 5.74) is 8.38. The van der Waals surface area contributed by atoms with E-state index in [4.69, 9.17) is 10.7 Å². The van der Waals surface area contributed by atoms with Crippen LogP contribution in [0.2, 0.25) is 0 Å². The molecule has 4 rings (SSSR count). The number of aryl methyl sites for hydroxylation is 1. The van der Waals surface area contributed by atoms with Gasteiger partial charge in [0, 0.05) is 32.3 Å². The second kappa shape index (κ2) is 9.53. The molecule has 34 heavy (non-hydrogen) atoms. The van der Waals surface area contributed by atoms with Crippen LogP contribution in [0.4, 0.5) is 10.1 Å². The molecule has 0 fully saturated rings. The van der Waals surface area contributed by atoms with Gasteiger partial charge in [0.25, 0.3) is 5.91 Å². The summed E-state index contributed by atoms with van der Waals surface area (Å²) in [5, 5.41) is 9.98. The SMILES string of the molecule is CN(C)S(=O)(=O)Nc1ccc([C@H](CCO)C2CCCc3cc4nc(C(N)=O)sc4nc32)cc1F. The highest BCUT2D eigenvalue weighted by Gasteiger charge is 2.32. The molecule has 0 bridgehead atoms. The minimum absolute atomic E-state index is 0.0804. The maximum atomic E-state index is 14.9. The van der Waals surface area contributed by atoms with Crippen molar-refractivity contribution in [3.63, 3.8) is 0 Å². The van der Waals surface area contributed by atoms with E-state index in [0.717, 1.165) is 46.2 Å². The minimum atomic E-state index is -3.85. The fraction of sp³-hybridized carbons (Fsp3) is 0.409. The highest BCUT2D eigenvalue weighted by molar-refractivity contribution is 7.90. The number of benzene rings is 1. The molecule has 9 nitrogen and oxygen atoms in total. The minimum Gasteiger partial charge on any atom is -0.396 e. The molecule has 3 aromatic rings. The van der Waals surface area contributed by atoms with Gasteiger partial charge in [0.1, 0.15) is 16.2 Å². The van der Waals surface area contributed by atoms with E-state index in [1.165, 1.54) is 26.2 Å². The van der Waals surface area contributed by atoms with Crippen molar-refractivity contribution in [3.8, 4) is 0 Å². The zero-order valence-corrected chi connectivity index (χ0v) is 20.4. The zero-order valence-electron chi connectivity index (χ0n) is 18.8. The molecule has 1 aliphatic rings. The van der Waals surface area contributed by atoms with Crippen molar-refractivity contribution in [2.24, 2.45) is 5.73 Å². The number of nitrogens with two attached hydrogens (primary N) is 1. The normalized spacial score (nSPS) is 17.0. The summed E-state index contributed by atoms with van der Waals surface area (Å²) in [6, 6.07) is 6.33. The monoisotopic (exact) mass is 507 g/mol. The van der Waals surface area contributed by atoms with Crippen LogP contribution in [0.25, 0.3) is 10.3 Å². The Morgan fingerprint density at radius 2 is 2.12 bits per heavy atom. The van der Waals surface area contributed by atoms with Gasteiger partial charge in [0.2, 0.25) is 0 Å². The number of carbonyl (C=O) groups is 1. The quantitative estimate of drug-likeness (QED) is 0.429. The number of pyridine rings is 1. The highest BCUT2D eigenvalue weighted by atomic mass is 32.2. The molecular formula is C22H26FN5O4S2. The Morgan fingerprint density at radius 1 is 1.35 bits per heavy atom. The van der Waals surface area contributed by atoms with Crippen LogP contribution in [-0.2, 0) is 16.6 Å². The van der Waals surface area contributed by atoms with Gasteiger partial charge in [-0.25, -0.2) is 14.4 Å². The molecule has 2 heterocycles. The molecule has 1 amide bonds. The number of thiazole rings is 1. The van der Waals surface area contributed by atoms with Crippen molar-refractivity contribution >= 4 is 43.5 Å². The van der Waals surface area contributed by atoms with Gasteiger partial charge < -0.3 is 10.8 Å². The summed E-state index contributed by atoms with van der Waals surface area (Å²) in [6.45, 7) is -0.0955. The number of amides is 1. The number of hydrogen-bond donors (Lipinski definition) is 3. The van der Waals surface area contributed by atoms with Crippen molar-refractivity contribution in [3.05, 3.63) is 51.9 Å². The molecule has 1 aliphatic carbocycles. The molecule has 0 saturated carbocycles. The number of aliphatic hydroxyl groups is 1. The van der Waals surface area contributed by atoms with Crippen LogP contribution >= 0.6 is 11.3 Å². The molecule has 0 aliphatic heterocycles. The Hall–Kier alpha value is -2.67. The number of aliphatic hydroxyl groups excluding tert-OH is 1. The van der Waals surface area contributed by atoms with Crippen LogP contribution in [-0.4, -0.2) is 54.4 Å². The predicted octanol–water partition coefficient (Wildman–Crippen LogP) is 2.73. The summed E-state index contributed by atoms with van der Waals surface area (Å²) < 4.78 is 42.3. The molecule has 1 aromatic carbocycles. The number of nitrogens with zero attached hydrogens (tertiary/aromatic N) is 3. The highest BCUT2D eigenvalue weighted by Crippen LogP contribution is 2.44. The van der Waals surface area contributed by atoms with Crippen molar-refractivity contribution < 1.29 is 22.7 Å². The van der Waals surface area contributed by atoms with Gasteiger partial charge in [-0.1, -0.05) is 17.4 Å². The molecular weight excluding hydrogens is 481 g/mol. The van der Waals surface area contributed by atoms with E-state index in [0.29, 0.717) is 22.3 Å². The van der Waals surface area contributed by atoms with Crippen LogP contribution in [0.15, 0.2) is 24.3 Å². The molecule has 2 aromatic heterocycles. The Morgan fingerprint density at radius 3 is 2.76 bits per heavy atom. The Labute approximate surface area is 201 Å². The first-order valence-electron chi connectivity index (χ1n) is 10.8. The number of halogens is 1. The molecule has 1 unspecified atom stereocenters. The van der Waals surface area contributed by atoms with Crippen LogP contribution in [0, 0.1) is 5.82 Å². The number of hydrogen-bond acceptors (Lipinski definition) is 7. The van der Waals surface area contributed by atoms with Gasteiger partial charge in [-0.05, 0) is 60.9 Å². The number of rotatable bonds is 8. The van der Waals surface area contributed by atoms with Crippen LogP contribution in [0.3, 0.4) is 0 Å². The standard InChI is InChI=1S/C22H26FN5O4S2/c1-28(2)34(31,32)27-17-7-6-12(10-16(17)23)14(8-9-29)15-5-3-4-13-11-18-21(26-19(13)15)33-22(25-18)20(24)30/h6-7,10-11,14-15,27,29H,3-5,8-9H2,1-2H3,(H2,24,30)/t14-,15?/m0/s1. The number of nitrogens with one attached hydrogen (secondary N) is 1. The summed E-state index contributed by atoms with van der Waals surface area (Å²) in [4.78, 5) is 21.3. The van der Waals surface area contributed by atoms with E-state index in [1.807, 2.05) is 6.07 Å². The topological polar surface area (TPSA) is 139 Å². The lowest BCUT2D eigenvalue weighted by Crippen LogP contribution is -2.29. The van der Waals surface area contributed by atoms with Crippen molar-refractivity contribution in [2.75, 3.05) is 25.4 Å². The number of carbonyl (C=O) groups excluding carboxylic acids is 1. The van der Waals surface area contributed by atoms with Gasteiger partial charge in [-0.15, -0.1) is 0 Å². The maximum absolute atomic E-state index is 14.9. The van der Waals surface area contributed by atoms with E-state index < -0.39 is 21.9 Å². The molecule has 0 spiro atoms. The molecule has 0 saturated heterocycles. The summed E-state index contributed by atoms with van der Waals surface area (Å²) in [7, 11) is -1.14. The third-order valence-corrected chi connectivity index (χ3v) is 8.51. The molecule has 4 N–H and O–H groups in total. The third-order valence-electron chi connectivity index (χ3n) is 6.09. The smallest absolute Gasteiger partial charge is 0.301 e. The van der Waals surface area contributed by atoms with E-state index in [2.05, 4.69) is 9.71 Å². The van der Waals surface area contributed by atoms with Crippen LogP contribution < -0.4 is 10.5 Å². The number of primary amides is 1. The predicted molar refractivity (Wildman–Crippen MR) is 129 cm³/mol. The van der Waals surface area contributed by atoms with E-state index in [9.17, 15) is 22.7 Å². The fourth-order valence-corrected chi connectivity index (χ4v) is 5.81. The second-order valence-electron chi connectivity index (χ2n) is 8.49. The van der Waals surface area contributed by atoms with E-state index >= 15 is 0 Å².